The summed E-state index contributed by atoms with van der Waals surface area (Å²) in [6.07, 6.45) is 7.05. The molecule has 1 aliphatic rings. The second-order valence-corrected chi connectivity index (χ2v) is 5.70. The number of thioether (sulfide) groups is 1. The average Bonchev–Trinajstić information content (AvgIpc) is 2.84. The van der Waals surface area contributed by atoms with E-state index in [0.29, 0.717) is 6.04 Å². The minimum atomic E-state index is 0.584. The van der Waals surface area contributed by atoms with Crippen molar-refractivity contribution in [2.45, 2.75) is 43.9 Å². The number of aliphatic imine (C=N–C) groups is 1. The molecule has 2 atom stereocenters. The smallest absolute Gasteiger partial charge is 0.191 e. The Hall–Kier alpha value is -0.420. The maximum absolute atomic E-state index is 5.31. The number of nitrogens with one attached hydrogen (secondary N) is 2. The standard InChI is InChI=1S/C13H27N3OS/c1-4-17-9-5-8-15-13(14-2)16-11-6-7-12(10-11)18-3/h11-12H,4-10H2,1-3H3,(H2,14,15,16). The Morgan fingerprint density at radius 2 is 2.28 bits per heavy atom. The zero-order valence-electron chi connectivity index (χ0n) is 11.9. The quantitative estimate of drug-likeness (QED) is 0.422. The first-order chi connectivity index (χ1) is 8.80. The van der Waals surface area contributed by atoms with Crippen molar-refractivity contribution >= 4 is 17.7 Å². The van der Waals surface area contributed by atoms with Crippen LogP contribution in [0, 0.1) is 0 Å². The summed E-state index contributed by atoms with van der Waals surface area (Å²) >= 11 is 1.98. The van der Waals surface area contributed by atoms with Crippen LogP contribution < -0.4 is 10.6 Å². The predicted molar refractivity (Wildman–Crippen MR) is 80.5 cm³/mol. The second-order valence-electron chi connectivity index (χ2n) is 4.56. The van der Waals surface area contributed by atoms with Gasteiger partial charge >= 0.3 is 0 Å². The van der Waals surface area contributed by atoms with E-state index in [-0.39, 0.29) is 0 Å². The number of nitrogens with zero attached hydrogens (tertiary/aromatic N) is 1. The highest BCUT2D eigenvalue weighted by Gasteiger charge is 2.24. The van der Waals surface area contributed by atoms with E-state index in [4.69, 9.17) is 4.74 Å². The van der Waals surface area contributed by atoms with E-state index < -0.39 is 0 Å². The maximum atomic E-state index is 5.31. The Labute approximate surface area is 115 Å². The topological polar surface area (TPSA) is 45.6 Å². The molecule has 0 amide bonds. The first kappa shape index (κ1) is 15.6. The fourth-order valence-corrected chi connectivity index (χ4v) is 3.00. The van der Waals surface area contributed by atoms with Gasteiger partial charge in [0.05, 0.1) is 0 Å². The Morgan fingerprint density at radius 3 is 2.89 bits per heavy atom. The third kappa shape index (κ3) is 5.96. The molecule has 0 heterocycles. The van der Waals surface area contributed by atoms with Crippen LogP contribution in [0.3, 0.4) is 0 Å². The molecule has 0 aliphatic heterocycles. The van der Waals surface area contributed by atoms with Crippen LogP contribution >= 0.6 is 11.8 Å². The lowest BCUT2D eigenvalue weighted by Gasteiger charge is -2.17. The summed E-state index contributed by atoms with van der Waals surface area (Å²) in [5.41, 5.74) is 0. The molecule has 1 saturated carbocycles. The largest absolute Gasteiger partial charge is 0.382 e. The summed E-state index contributed by atoms with van der Waals surface area (Å²) in [5, 5.41) is 7.66. The summed E-state index contributed by atoms with van der Waals surface area (Å²) in [7, 11) is 1.83. The molecule has 1 rings (SSSR count). The van der Waals surface area contributed by atoms with E-state index in [1.165, 1.54) is 19.3 Å². The van der Waals surface area contributed by atoms with E-state index in [1.54, 1.807) is 0 Å². The summed E-state index contributed by atoms with van der Waals surface area (Å²) in [4.78, 5) is 4.27. The maximum Gasteiger partial charge on any atom is 0.191 e. The Morgan fingerprint density at radius 1 is 1.44 bits per heavy atom. The minimum Gasteiger partial charge on any atom is -0.382 e. The van der Waals surface area contributed by atoms with Crippen molar-refractivity contribution < 1.29 is 4.74 Å². The molecule has 1 aliphatic carbocycles. The second kappa shape index (κ2) is 9.50. The van der Waals surface area contributed by atoms with Crippen LogP contribution in [0.15, 0.2) is 4.99 Å². The van der Waals surface area contributed by atoms with Crippen LogP contribution in [0.1, 0.15) is 32.6 Å². The predicted octanol–water partition coefficient (Wildman–Crippen LogP) is 1.86. The SMILES string of the molecule is CCOCCCNC(=NC)NC1CCC(SC)C1. The van der Waals surface area contributed by atoms with Gasteiger partial charge in [-0.3, -0.25) is 4.99 Å². The lowest BCUT2D eigenvalue weighted by Crippen LogP contribution is -2.43. The van der Waals surface area contributed by atoms with E-state index in [1.807, 2.05) is 25.7 Å². The van der Waals surface area contributed by atoms with Crippen molar-refractivity contribution in [2.24, 2.45) is 4.99 Å². The van der Waals surface area contributed by atoms with Crippen molar-refractivity contribution in [3.8, 4) is 0 Å². The van der Waals surface area contributed by atoms with Gasteiger partial charge in [0.25, 0.3) is 0 Å². The van der Waals surface area contributed by atoms with Crippen LogP contribution in [0.4, 0.5) is 0 Å². The summed E-state index contributed by atoms with van der Waals surface area (Å²) in [6.45, 7) is 4.55. The van der Waals surface area contributed by atoms with Gasteiger partial charge in [-0.05, 0) is 38.9 Å². The zero-order valence-corrected chi connectivity index (χ0v) is 12.7. The van der Waals surface area contributed by atoms with Crippen LogP contribution in [-0.4, -0.2) is 50.3 Å². The molecule has 1 fully saturated rings. The number of guanidine groups is 1. The first-order valence-corrected chi connectivity index (χ1v) is 8.16. The summed E-state index contributed by atoms with van der Waals surface area (Å²) in [6, 6.07) is 0.584. The van der Waals surface area contributed by atoms with E-state index in [0.717, 1.165) is 37.4 Å². The van der Waals surface area contributed by atoms with Gasteiger partial charge in [0.1, 0.15) is 0 Å². The van der Waals surface area contributed by atoms with Gasteiger partial charge in [0, 0.05) is 38.1 Å². The van der Waals surface area contributed by atoms with Crippen molar-refractivity contribution in [2.75, 3.05) is 33.1 Å². The molecule has 0 saturated heterocycles. The van der Waals surface area contributed by atoms with Gasteiger partial charge in [-0.1, -0.05) is 0 Å². The molecule has 18 heavy (non-hydrogen) atoms. The van der Waals surface area contributed by atoms with Gasteiger partial charge in [0.15, 0.2) is 5.96 Å². The Bertz CT molecular complexity index is 248. The van der Waals surface area contributed by atoms with Crippen molar-refractivity contribution in [1.82, 2.24) is 10.6 Å². The Kier molecular flexibility index (Phi) is 8.25. The Balaban J connectivity index is 2.14. The molecular weight excluding hydrogens is 246 g/mol. The molecule has 106 valence electrons. The lowest BCUT2D eigenvalue weighted by atomic mass is 10.2. The van der Waals surface area contributed by atoms with Crippen LogP contribution in [0.2, 0.25) is 0 Å². The summed E-state index contributed by atoms with van der Waals surface area (Å²) in [5.74, 6) is 0.929. The van der Waals surface area contributed by atoms with Crippen molar-refractivity contribution in [1.29, 1.82) is 0 Å². The van der Waals surface area contributed by atoms with E-state index >= 15 is 0 Å². The monoisotopic (exact) mass is 273 g/mol. The van der Waals surface area contributed by atoms with E-state index in [9.17, 15) is 0 Å². The first-order valence-electron chi connectivity index (χ1n) is 6.87. The molecule has 4 nitrogen and oxygen atoms in total. The van der Waals surface area contributed by atoms with Gasteiger partial charge in [0.2, 0.25) is 0 Å². The zero-order chi connectivity index (χ0) is 13.2. The van der Waals surface area contributed by atoms with Crippen LogP contribution in [0.5, 0.6) is 0 Å². The molecule has 0 radical (unpaired) electrons. The minimum absolute atomic E-state index is 0.584. The molecule has 0 bridgehead atoms. The number of rotatable bonds is 7. The van der Waals surface area contributed by atoms with Gasteiger partial charge in [-0.2, -0.15) is 11.8 Å². The molecule has 0 spiro atoms. The van der Waals surface area contributed by atoms with Gasteiger partial charge in [-0.25, -0.2) is 0 Å². The summed E-state index contributed by atoms with van der Waals surface area (Å²) < 4.78 is 5.31. The van der Waals surface area contributed by atoms with Crippen LogP contribution in [-0.2, 0) is 4.74 Å². The fraction of sp³-hybridized carbons (Fsp3) is 0.923. The molecular formula is C13H27N3OS. The normalized spacial score (nSPS) is 24.3. The number of ether oxygens (including phenoxy) is 1. The highest BCUT2D eigenvalue weighted by atomic mass is 32.2. The highest BCUT2D eigenvalue weighted by Crippen LogP contribution is 2.27. The van der Waals surface area contributed by atoms with Crippen molar-refractivity contribution in [3.05, 3.63) is 0 Å². The molecule has 0 aromatic rings. The third-order valence-corrected chi connectivity index (χ3v) is 4.34. The average molecular weight is 273 g/mol. The third-order valence-electron chi connectivity index (χ3n) is 3.24. The number of hydrogen-bond acceptors (Lipinski definition) is 3. The van der Waals surface area contributed by atoms with Gasteiger partial charge in [-0.15, -0.1) is 0 Å². The molecule has 2 N–H and O–H groups in total. The lowest BCUT2D eigenvalue weighted by molar-refractivity contribution is 0.145. The van der Waals surface area contributed by atoms with E-state index in [2.05, 4.69) is 21.9 Å². The molecule has 5 heteroatoms. The molecule has 2 unspecified atom stereocenters. The van der Waals surface area contributed by atoms with Crippen LogP contribution in [0.25, 0.3) is 0 Å². The fourth-order valence-electron chi connectivity index (χ4n) is 2.20. The van der Waals surface area contributed by atoms with Crippen molar-refractivity contribution in [3.63, 3.8) is 0 Å². The molecule has 0 aromatic heterocycles. The van der Waals surface area contributed by atoms with Gasteiger partial charge < -0.3 is 15.4 Å². The highest BCUT2D eigenvalue weighted by molar-refractivity contribution is 7.99. The number of hydrogen-bond donors (Lipinski definition) is 2. The molecule has 0 aromatic carbocycles.